The molecular formula is C27H30ClNO3. The predicted molar refractivity (Wildman–Crippen MR) is 131 cm³/mol. The Bertz CT molecular complexity index is 1060. The third-order valence-electron chi connectivity index (χ3n) is 5.66. The molecule has 168 valence electrons. The highest BCUT2D eigenvalue weighted by molar-refractivity contribution is 6.34. The van der Waals surface area contributed by atoms with Crippen LogP contribution in [0.2, 0.25) is 5.02 Å². The van der Waals surface area contributed by atoms with Gasteiger partial charge >= 0.3 is 0 Å². The predicted octanol–water partition coefficient (Wildman–Crippen LogP) is 7.36. The lowest BCUT2D eigenvalue weighted by Crippen LogP contribution is -2.12. The van der Waals surface area contributed by atoms with E-state index in [0.717, 1.165) is 10.8 Å². The number of nitrogens with one attached hydrogen (secondary N) is 1. The Morgan fingerprint density at radius 3 is 2.34 bits per heavy atom. The summed E-state index contributed by atoms with van der Waals surface area (Å²) in [7, 11) is 0. The molecule has 1 amide bonds. The smallest absolute Gasteiger partial charge is 0.293 e. The summed E-state index contributed by atoms with van der Waals surface area (Å²) in [6.45, 7) is 4.05. The monoisotopic (exact) mass is 451 g/mol. The molecule has 1 fully saturated rings. The molecule has 1 aliphatic rings. The molecule has 1 saturated carbocycles. The number of rotatable bonds is 5. The summed E-state index contributed by atoms with van der Waals surface area (Å²) in [6, 6.07) is 19.8. The van der Waals surface area contributed by atoms with Crippen LogP contribution in [0.3, 0.4) is 0 Å². The third kappa shape index (κ3) is 6.57. The maximum atomic E-state index is 12.6. The van der Waals surface area contributed by atoms with Gasteiger partial charge in [0.2, 0.25) is 0 Å². The molecule has 3 aromatic rings. The zero-order chi connectivity index (χ0) is 22.9. The van der Waals surface area contributed by atoms with Gasteiger partial charge in [-0.05, 0) is 73.2 Å². The van der Waals surface area contributed by atoms with E-state index in [2.05, 4.69) is 16.1 Å². The Balaban J connectivity index is 0.000000427. The summed E-state index contributed by atoms with van der Waals surface area (Å²) in [4.78, 5) is 22.0. The molecule has 1 N–H and O–H groups in total. The number of carbonyl (C=O) groups is 2. The molecule has 1 aliphatic carbocycles. The van der Waals surface area contributed by atoms with Crippen molar-refractivity contribution in [2.45, 2.75) is 58.0 Å². The van der Waals surface area contributed by atoms with Crippen molar-refractivity contribution in [1.29, 1.82) is 0 Å². The van der Waals surface area contributed by atoms with Gasteiger partial charge in [0, 0.05) is 5.56 Å². The average molecular weight is 452 g/mol. The highest BCUT2D eigenvalue weighted by atomic mass is 35.5. The molecule has 0 atom stereocenters. The number of amides is 1. The SMILES string of the molecule is CC(C)OC=O.O=C(Nc1ccc(C2CCCCC2)cc1Cl)c1ccc2ccccc2c1. The summed E-state index contributed by atoms with van der Waals surface area (Å²) >= 11 is 6.46. The zero-order valence-electron chi connectivity index (χ0n) is 18.6. The number of ether oxygens (including phenoxy) is 1. The Kier molecular flexibility index (Phi) is 8.69. The number of carbonyl (C=O) groups excluding carboxylic acids is 2. The number of benzene rings is 3. The first-order valence-electron chi connectivity index (χ1n) is 11.2. The summed E-state index contributed by atoms with van der Waals surface area (Å²) in [5, 5.41) is 5.74. The lowest BCUT2D eigenvalue weighted by Gasteiger charge is -2.22. The van der Waals surface area contributed by atoms with E-state index in [1.807, 2.05) is 54.6 Å². The zero-order valence-corrected chi connectivity index (χ0v) is 19.4. The quantitative estimate of drug-likeness (QED) is 0.412. The number of halogens is 1. The Morgan fingerprint density at radius 1 is 1.00 bits per heavy atom. The molecule has 0 heterocycles. The van der Waals surface area contributed by atoms with Crippen molar-refractivity contribution in [2.75, 3.05) is 5.32 Å². The highest BCUT2D eigenvalue weighted by Crippen LogP contribution is 2.35. The molecule has 0 unspecified atom stereocenters. The highest BCUT2D eigenvalue weighted by Gasteiger charge is 2.17. The van der Waals surface area contributed by atoms with Crippen molar-refractivity contribution in [3.63, 3.8) is 0 Å². The largest absolute Gasteiger partial charge is 0.465 e. The Morgan fingerprint density at radius 2 is 1.72 bits per heavy atom. The van der Waals surface area contributed by atoms with Crippen LogP contribution in [-0.2, 0) is 9.53 Å². The van der Waals surface area contributed by atoms with Gasteiger partial charge in [-0.25, -0.2) is 0 Å². The topological polar surface area (TPSA) is 55.4 Å². The van der Waals surface area contributed by atoms with Gasteiger partial charge in [0.1, 0.15) is 0 Å². The second-order valence-corrected chi connectivity index (χ2v) is 8.78. The van der Waals surface area contributed by atoms with Crippen LogP contribution in [0.25, 0.3) is 10.8 Å². The molecule has 4 rings (SSSR count). The van der Waals surface area contributed by atoms with E-state index in [1.54, 1.807) is 13.8 Å². The molecule has 3 aromatic carbocycles. The molecule has 0 spiro atoms. The molecule has 32 heavy (non-hydrogen) atoms. The van der Waals surface area contributed by atoms with Gasteiger partial charge in [0.05, 0.1) is 16.8 Å². The van der Waals surface area contributed by atoms with E-state index >= 15 is 0 Å². The van der Waals surface area contributed by atoms with Crippen molar-refractivity contribution in [1.82, 2.24) is 0 Å². The first-order valence-corrected chi connectivity index (χ1v) is 11.5. The lowest BCUT2D eigenvalue weighted by atomic mass is 9.84. The van der Waals surface area contributed by atoms with Gasteiger partial charge in [0.25, 0.3) is 12.4 Å². The van der Waals surface area contributed by atoms with Crippen molar-refractivity contribution >= 4 is 40.4 Å². The van der Waals surface area contributed by atoms with Crippen LogP contribution in [0.15, 0.2) is 60.7 Å². The number of anilines is 1. The van der Waals surface area contributed by atoms with Crippen molar-refractivity contribution in [3.8, 4) is 0 Å². The van der Waals surface area contributed by atoms with Crippen LogP contribution >= 0.6 is 11.6 Å². The minimum Gasteiger partial charge on any atom is -0.465 e. The molecule has 4 nitrogen and oxygen atoms in total. The van der Waals surface area contributed by atoms with Crippen LogP contribution in [0.1, 0.15) is 67.8 Å². The molecule has 0 bridgehead atoms. The van der Waals surface area contributed by atoms with Crippen LogP contribution in [0, 0.1) is 0 Å². The molecule has 0 radical (unpaired) electrons. The number of fused-ring (bicyclic) bond motifs is 1. The van der Waals surface area contributed by atoms with Gasteiger partial charge < -0.3 is 10.1 Å². The normalized spacial score (nSPS) is 13.9. The minimum absolute atomic E-state index is 0.0301. The Labute approximate surface area is 194 Å². The van der Waals surface area contributed by atoms with Crippen molar-refractivity contribution < 1.29 is 14.3 Å². The molecule has 5 heteroatoms. The Hall–Kier alpha value is -2.85. The fourth-order valence-corrected chi connectivity index (χ4v) is 4.19. The number of hydrogen-bond donors (Lipinski definition) is 1. The van der Waals surface area contributed by atoms with E-state index in [4.69, 9.17) is 11.6 Å². The van der Waals surface area contributed by atoms with Crippen LogP contribution < -0.4 is 5.32 Å². The maximum Gasteiger partial charge on any atom is 0.293 e. The third-order valence-corrected chi connectivity index (χ3v) is 5.97. The van der Waals surface area contributed by atoms with Crippen LogP contribution in [-0.4, -0.2) is 18.5 Å². The lowest BCUT2D eigenvalue weighted by molar-refractivity contribution is -0.131. The van der Waals surface area contributed by atoms with E-state index in [0.29, 0.717) is 28.7 Å². The average Bonchev–Trinajstić information content (AvgIpc) is 2.81. The summed E-state index contributed by atoms with van der Waals surface area (Å²) < 4.78 is 4.36. The standard InChI is InChI=1S/C23H22ClNO.C4H8O2/c24-21-15-19(16-6-2-1-3-7-16)12-13-22(21)25-23(26)20-11-10-17-8-4-5-9-18(17)14-20;1-4(2)6-3-5/h4-5,8-16H,1-3,6-7H2,(H,25,26);3-4H,1-2H3. The fraction of sp³-hybridized carbons (Fsp3) is 0.333. The van der Waals surface area contributed by atoms with Crippen molar-refractivity contribution in [2.24, 2.45) is 0 Å². The van der Waals surface area contributed by atoms with Gasteiger partial charge in [-0.15, -0.1) is 0 Å². The molecule has 0 aliphatic heterocycles. The number of hydrogen-bond acceptors (Lipinski definition) is 3. The summed E-state index contributed by atoms with van der Waals surface area (Å²) in [5.41, 5.74) is 2.60. The van der Waals surface area contributed by atoms with Crippen LogP contribution in [0.4, 0.5) is 5.69 Å². The second kappa shape index (κ2) is 11.7. The minimum atomic E-state index is -0.136. The van der Waals surface area contributed by atoms with E-state index < -0.39 is 0 Å². The first-order chi connectivity index (χ1) is 15.5. The van der Waals surface area contributed by atoms with Gasteiger partial charge in [0.15, 0.2) is 0 Å². The summed E-state index contributed by atoms with van der Waals surface area (Å²) in [6.07, 6.45) is 6.43. The van der Waals surface area contributed by atoms with Crippen molar-refractivity contribution in [3.05, 3.63) is 76.8 Å². The second-order valence-electron chi connectivity index (χ2n) is 8.37. The summed E-state index contributed by atoms with van der Waals surface area (Å²) in [5.74, 6) is 0.467. The maximum absolute atomic E-state index is 12.6. The van der Waals surface area contributed by atoms with Gasteiger partial charge in [-0.1, -0.05) is 67.3 Å². The molecular weight excluding hydrogens is 422 g/mol. The first kappa shape index (κ1) is 23.8. The molecule has 0 saturated heterocycles. The van der Waals surface area contributed by atoms with Crippen LogP contribution in [0.5, 0.6) is 0 Å². The fourth-order valence-electron chi connectivity index (χ4n) is 3.96. The van der Waals surface area contributed by atoms with E-state index in [-0.39, 0.29) is 12.0 Å². The van der Waals surface area contributed by atoms with E-state index in [9.17, 15) is 9.59 Å². The van der Waals surface area contributed by atoms with Gasteiger partial charge in [-0.2, -0.15) is 0 Å². The van der Waals surface area contributed by atoms with E-state index in [1.165, 1.54) is 37.7 Å². The van der Waals surface area contributed by atoms with Gasteiger partial charge in [-0.3, -0.25) is 9.59 Å². The molecule has 0 aromatic heterocycles.